The van der Waals surface area contributed by atoms with Gasteiger partial charge in [-0.1, -0.05) is 36.4 Å². The topological polar surface area (TPSA) is 17.3 Å². The van der Waals surface area contributed by atoms with E-state index in [1.54, 1.807) is 11.3 Å². The third kappa shape index (κ3) is 2.84. The van der Waals surface area contributed by atoms with E-state index in [0.717, 1.165) is 10.5 Å². The summed E-state index contributed by atoms with van der Waals surface area (Å²) in [6.07, 6.45) is 3.63. The Labute approximate surface area is 147 Å². The van der Waals surface area contributed by atoms with Crippen molar-refractivity contribution in [3.05, 3.63) is 81.1 Å². The third-order valence-electron chi connectivity index (χ3n) is 4.80. The molecule has 1 aliphatic carbocycles. The molecule has 24 heavy (non-hydrogen) atoms. The second-order valence-electron chi connectivity index (χ2n) is 6.59. The van der Waals surface area contributed by atoms with Gasteiger partial charge in [-0.3, -0.25) is 0 Å². The number of fused-ring (bicyclic) bond motifs is 1. The lowest BCUT2D eigenvalue weighted by atomic mass is 9.87. The van der Waals surface area contributed by atoms with Crippen LogP contribution in [0.4, 0.5) is 5.69 Å². The summed E-state index contributed by atoms with van der Waals surface area (Å²) in [5.41, 5.74) is 6.55. The fraction of sp³-hybridized carbons (Fsp3) is 0.286. The molecule has 1 aliphatic rings. The van der Waals surface area contributed by atoms with E-state index in [-0.39, 0.29) is 0 Å². The Hall–Kier alpha value is -2.13. The molecule has 0 radical (unpaired) electrons. The van der Waals surface area contributed by atoms with Gasteiger partial charge in [-0.15, -0.1) is 11.3 Å². The minimum absolute atomic E-state index is 0.407. The Bertz CT molecular complexity index is 933. The van der Waals surface area contributed by atoms with Gasteiger partial charge in [0, 0.05) is 11.1 Å². The van der Waals surface area contributed by atoms with Crippen LogP contribution < -0.4 is 4.80 Å². The molecule has 3 aromatic rings. The Kier molecular flexibility index (Phi) is 4.11. The predicted molar refractivity (Wildman–Crippen MR) is 101 cm³/mol. The van der Waals surface area contributed by atoms with Crippen molar-refractivity contribution >= 4 is 17.0 Å². The Morgan fingerprint density at radius 2 is 1.96 bits per heavy atom. The van der Waals surface area contributed by atoms with E-state index >= 15 is 0 Å². The van der Waals surface area contributed by atoms with Gasteiger partial charge in [-0.2, -0.15) is 0 Å². The van der Waals surface area contributed by atoms with E-state index in [0.29, 0.717) is 6.04 Å². The zero-order valence-electron chi connectivity index (χ0n) is 14.2. The number of rotatable bonds is 2. The number of aromatic nitrogens is 1. The smallest absolute Gasteiger partial charge is 0.190 e. The van der Waals surface area contributed by atoms with Crippen molar-refractivity contribution in [2.24, 2.45) is 4.99 Å². The second-order valence-corrected chi connectivity index (χ2v) is 7.42. The van der Waals surface area contributed by atoms with Gasteiger partial charge in [-0.05, 0) is 61.9 Å². The van der Waals surface area contributed by atoms with Crippen LogP contribution in [0.2, 0.25) is 0 Å². The summed E-state index contributed by atoms with van der Waals surface area (Å²) in [6, 6.07) is 17.7. The maximum atomic E-state index is 4.95. The normalized spacial score (nSPS) is 17.8. The molecule has 1 heterocycles. The number of hydrogen-bond donors (Lipinski definition) is 0. The molecular formula is C21H22N2S. The molecule has 2 aromatic carbocycles. The minimum atomic E-state index is 0.407. The summed E-state index contributed by atoms with van der Waals surface area (Å²) in [6.45, 7) is 4.31. The van der Waals surface area contributed by atoms with E-state index in [1.165, 1.54) is 41.6 Å². The summed E-state index contributed by atoms with van der Waals surface area (Å²) in [4.78, 5) is 6.05. The molecular weight excluding hydrogens is 312 g/mol. The molecule has 0 saturated carbocycles. The van der Waals surface area contributed by atoms with E-state index in [2.05, 4.69) is 72.3 Å². The molecule has 0 aliphatic heterocycles. The summed E-state index contributed by atoms with van der Waals surface area (Å²) < 4.78 is 2.44. The zero-order valence-corrected chi connectivity index (χ0v) is 15.0. The minimum Gasteiger partial charge on any atom is -0.314 e. The molecule has 1 aromatic heterocycles. The highest BCUT2D eigenvalue weighted by atomic mass is 32.1. The maximum absolute atomic E-state index is 4.95. The Morgan fingerprint density at radius 1 is 1.08 bits per heavy atom. The van der Waals surface area contributed by atoms with Gasteiger partial charge < -0.3 is 4.57 Å². The number of thiazole rings is 1. The third-order valence-corrected chi connectivity index (χ3v) is 5.75. The molecule has 0 saturated heterocycles. The fourth-order valence-electron chi connectivity index (χ4n) is 3.67. The van der Waals surface area contributed by atoms with Crippen LogP contribution in [-0.2, 0) is 6.42 Å². The van der Waals surface area contributed by atoms with Crippen molar-refractivity contribution in [3.63, 3.8) is 0 Å². The van der Waals surface area contributed by atoms with Gasteiger partial charge >= 0.3 is 0 Å². The first-order chi connectivity index (χ1) is 11.7. The summed E-state index contributed by atoms with van der Waals surface area (Å²) in [5, 5.41) is 2.23. The van der Waals surface area contributed by atoms with Crippen LogP contribution in [0, 0.1) is 13.8 Å². The van der Waals surface area contributed by atoms with Crippen LogP contribution >= 0.6 is 11.3 Å². The SMILES string of the molecule is Cc1cccc(N=c2scc(C)n2C2CCCc3ccccc32)c1. The van der Waals surface area contributed by atoms with E-state index in [1.807, 2.05) is 0 Å². The number of nitrogens with zero attached hydrogens (tertiary/aromatic N) is 2. The quantitative estimate of drug-likeness (QED) is 0.603. The molecule has 4 rings (SSSR count). The van der Waals surface area contributed by atoms with Crippen molar-refractivity contribution in [2.45, 2.75) is 39.2 Å². The molecule has 0 N–H and O–H groups in total. The first kappa shape index (κ1) is 15.4. The van der Waals surface area contributed by atoms with Crippen LogP contribution in [-0.4, -0.2) is 4.57 Å². The average Bonchev–Trinajstić information content (AvgIpc) is 2.95. The van der Waals surface area contributed by atoms with Crippen molar-refractivity contribution < 1.29 is 0 Å². The first-order valence-corrected chi connectivity index (χ1v) is 9.46. The summed E-state index contributed by atoms with van der Waals surface area (Å²) in [5.74, 6) is 0. The molecule has 0 amide bonds. The lowest BCUT2D eigenvalue weighted by molar-refractivity contribution is 0.474. The van der Waals surface area contributed by atoms with Crippen LogP contribution in [0.5, 0.6) is 0 Å². The monoisotopic (exact) mass is 334 g/mol. The van der Waals surface area contributed by atoms with Gasteiger partial charge in [0.15, 0.2) is 4.80 Å². The average molecular weight is 334 g/mol. The van der Waals surface area contributed by atoms with Crippen LogP contribution in [0.1, 0.15) is 41.3 Å². The Balaban J connectivity index is 1.85. The van der Waals surface area contributed by atoms with Crippen LogP contribution in [0.15, 0.2) is 58.9 Å². The van der Waals surface area contributed by atoms with E-state index < -0.39 is 0 Å². The van der Waals surface area contributed by atoms with Crippen molar-refractivity contribution in [1.82, 2.24) is 4.57 Å². The van der Waals surface area contributed by atoms with Crippen molar-refractivity contribution in [2.75, 3.05) is 0 Å². The predicted octanol–water partition coefficient (Wildman–Crippen LogP) is 5.32. The van der Waals surface area contributed by atoms with Gasteiger partial charge in [0.2, 0.25) is 0 Å². The molecule has 0 bridgehead atoms. The lowest BCUT2D eigenvalue weighted by Crippen LogP contribution is -2.26. The summed E-state index contributed by atoms with van der Waals surface area (Å²) in [7, 11) is 0. The van der Waals surface area contributed by atoms with Crippen LogP contribution in [0.3, 0.4) is 0 Å². The van der Waals surface area contributed by atoms with Crippen molar-refractivity contribution in [1.29, 1.82) is 0 Å². The highest BCUT2D eigenvalue weighted by molar-refractivity contribution is 7.07. The molecule has 1 unspecified atom stereocenters. The molecule has 1 atom stereocenters. The number of aryl methyl sites for hydroxylation is 3. The van der Waals surface area contributed by atoms with E-state index in [4.69, 9.17) is 4.99 Å². The van der Waals surface area contributed by atoms with Gasteiger partial charge in [0.05, 0.1) is 11.7 Å². The zero-order chi connectivity index (χ0) is 16.5. The maximum Gasteiger partial charge on any atom is 0.190 e. The number of hydrogen-bond acceptors (Lipinski definition) is 2. The van der Waals surface area contributed by atoms with Crippen molar-refractivity contribution in [3.8, 4) is 0 Å². The van der Waals surface area contributed by atoms with Gasteiger partial charge in [-0.25, -0.2) is 4.99 Å². The first-order valence-electron chi connectivity index (χ1n) is 8.58. The highest BCUT2D eigenvalue weighted by Crippen LogP contribution is 2.33. The van der Waals surface area contributed by atoms with Gasteiger partial charge in [0.1, 0.15) is 0 Å². The molecule has 2 nitrogen and oxygen atoms in total. The number of benzene rings is 2. The lowest BCUT2D eigenvalue weighted by Gasteiger charge is -2.27. The second kappa shape index (κ2) is 6.40. The standard InChI is InChI=1S/C21H22N2S/c1-15-7-5-10-18(13-15)22-21-23(16(2)14-24-21)20-12-6-9-17-8-3-4-11-19(17)20/h3-5,7-8,10-11,13-14,20H,6,9,12H2,1-2H3. The molecule has 122 valence electrons. The summed E-state index contributed by atoms with van der Waals surface area (Å²) >= 11 is 1.74. The molecule has 0 spiro atoms. The largest absolute Gasteiger partial charge is 0.314 e. The molecule has 0 fully saturated rings. The van der Waals surface area contributed by atoms with E-state index in [9.17, 15) is 0 Å². The fourth-order valence-corrected chi connectivity index (χ4v) is 4.60. The molecule has 3 heteroatoms. The van der Waals surface area contributed by atoms with Crippen LogP contribution in [0.25, 0.3) is 0 Å². The van der Waals surface area contributed by atoms with Gasteiger partial charge in [0.25, 0.3) is 0 Å². The Morgan fingerprint density at radius 3 is 2.83 bits per heavy atom. The highest BCUT2D eigenvalue weighted by Gasteiger charge is 2.23.